The summed E-state index contributed by atoms with van der Waals surface area (Å²) in [6.45, 7) is 3.13. The lowest BCUT2D eigenvalue weighted by Crippen LogP contribution is -2.45. The molecule has 0 amide bonds. The van der Waals surface area contributed by atoms with Crippen LogP contribution in [0.5, 0.6) is 0 Å². The fourth-order valence-electron chi connectivity index (χ4n) is 4.18. The van der Waals surface area contributed by atoms with Gasteiger partial charge in [-0.2, -0.15) is 0 Å². The summed E-state index contributed by atoms with van der Waals surface area (Å²) in [5.41, 5.74) is 4.02. The first-order valence-electron chi connectivity index (χ1n) is 10.2. The zero-order valence-corrected chi connectivity index (χ0v) is 18.2. The molecule has 1 saturated heterocycles. The van der Waals surface area contributed by atoms with Crippen molar-refractivity contribution in [2.45, 2.75) is 18.6 Å². The van der Waals surface area contributed by atoms with Crippen LogP contribution in [0.25, 0.3) is 11.1 Å². The van der Waals surface area contributed by atoms with E-state index < -0.39 is 0 Å². The summed E-state index contributed by atoms with van der Waals surface area (Å²) in [5.74, 6) is -0.174. The van der Waals surface area contributed by atoms with Crippen LogP contribution >= 0.6 is 23.2 Å². The van der Waals surface area contributed by atoms with Gasteiger partial charge in [-0.05, 0) is 28.8 Å². The van der Waals surface area contributed by atoms with Gasteiger partial charge in [0.2, 0.25) is 0 Å². The normalized spacial score (nSPS) is 18.3. The van der Waals surface area contributed by atoms with Crippen molar-refractivity contribution in [3.63, 3.8) is 0 Å². The Bertz CT molecular complexity index is 960. The van der Waals surface area contributed by atoms with Gasteiger partial charge in [0.1, 0.15) is 0 Å². The molecule has 4 rings (SSSR count). The zero-order chi connectivity index (χ0) is 20.9. The second-order valence-corrected chi connectivity index (χ2v) is 8.42. The molecule has 156 valence electrons. The maximum Gasteiger partial charge on any atom is 0.0793 e. The van der Waals surface area contributed by atoms with Gasteiger partial charge in [0.15, 0.2) is 0 Å². The third-order valence-corrected chi connectivity index (χ3v) is 6.29. The molecule has 1 heterocycles. The Morgan fingerprint density at radius 3 is 2.37 bits per heavy atom. The van der Waals surface area contributed by atoms with Crippen molar-refractivity contribution in [3.8, 4) is 11.1 Å². The monoisotopic (exact) mass is 441 g/mol. The molecular weight excluding hydrogens is 417 g/mol. The first-order chi connectivity index (χ1) is 14.7. The summed E-state index contributed by atoms with van der Waals surface area (Å²) in [6, 6.07) is 24.0. The van der Waals surface area contributed by atoms with E-state index in [4.69, 9.17) is 27.9 Å². The highest BCUT2D eigenvalue weighted by Gasteiger charge is 2.31. The smallest absolute Gasteiger partial charge is 0.0793 e. The van der Waals surface area contributed by atoms with Crippen molar-refractivity contribution in [1.82, 2.24) is 4.90 Å². The standard InChI is InChI=1S/C25H25Cl2NO2/c26-22-11-6-12-23(27)25(22)20-10-5-4-9-19(20)21(17-29)24-16-28(13-14-30-24)15-18-7-2-1-3-8-18/h1-12,21,24,29H,13-17H2. The maximum absolute atomic E-state index is 10.4. The van der Waals surface area contributed by atoms with E-state index in [2.05, 4.69) is 29.2 Å². The van der Waals surface area contributed by atoms with Crippen LogP contribution in [0.1, 0.15) is 17.0 Å². The lowest BCUT2D eigenvalue weighted by Gasteiger charge is -2.37. The van der Waals surface area contributed by atoms with E-state index >= 15 is 0 Å². The van der Waals surface area contributed by atoms with Crippen molar-refractivity contribution in [3.05, 3.63) is 94.0 Å². The molecule has 0 aromatic heterocycles. The summed E-state index contributed by atoms with van der Waals surface area (Å²) >= 11 is 13.0. The van der Waals surface area contributed by atoms with E-state index in [1.54, 1.807) is 0 Å². The predicted octanol–water partition coefficient (Wildman–Crippen LogP) is 5.64. The van der Waals surface area contributed by atoms with Gasteiger partial charge in [0, 0.05) is 41.2 Å². The third kappa shape index (κ3) is 4.72. The molecule has 1 aliphatic rings. The summed E-state index contributed by atoms with van der Waals surface area (Å²) in [6.07, 6.45) is -0.116. The fraction of sp³-hybridized carbons (Fsp3) is 0.280. The van der Waals surface area contributed by atoms with Crippen molar-refractivity contribution in [2.24, 2.45) is 0 Å². The Labute approximate surface area is 187 Å². The number of aliphatic hydroxyl groups excluding tert-OH is 1. The summed E-state index contributed by atoms with van der Waals surface area (Å²) in [4.78, 5) is 2.39. The molecule has 3 nitrogen and oxygen atoms in total. The Balaban J connectivity index is 1.61. The molecule has 0 bridgehead atoms. The summed E-state index contributed by atoms with van der Waals surface area (Å²) < 4.78 is 6.14. The molecule has 0 saturated carbocycles. The molecule has 3 aromatic carbocycles. The molecule has 2 atom stereocenters. The van der Waals surface area contributed by atoms with Crippen LogP contribution in [0.3, 0.4) is 0 Å². The number of benzene rings is 3. The topological polar surface area (TPSA) is 32.7 Å². The maximum atomic E-state index is 10.4. The summed E-state index contributed by atoms with van der Waals surface area (Å²) in [5, 5.41) is 11.6. The highest BCUT2D eigenvalue weighted by atomic mass is 35.5. The first-order valence-corrected chi connectivity index (χ1v) is 10.9. The average molecular weight is 442 g/mol. The van der Waals surface area contributed by atoms with Crippen molar-refractivity contribution in [2.75, 3.05) is 26.3 Å². The molecule has 3 aromatic rings. The lowest BCUT2D eigenvalue weighted by molar-refractivity contribution is -0.0520. The second-order valence-electron chi connectivity index (χ2n) is 7.60. The molecule has 1 N–H and O–H groups in total. The minimum Gasteiger partial charge on any atom is -0.396 e. The average Bonchev–Trinajstić information content (AvgIpc) is 2.76. The molecule has 1 aliphatic heterocycles. The van der Waals surface area contributed by atoms with Gasteiger partial charge in [-0.3, -0.25) is 4.90 Å². The van der Waals surface area contributed by atoms with Gasteiger partial charge < -0.3 is 9.84 Å². The van der Waals surface area contributed by atoms with Crippen LogP contribution in [0.4, 0.5) is 0 Å². The number of ether oxygens (including phenoxy) is 1. The SMILES string of the molecule is OCC(c1ccccc1-c1c(Cl)cccc1Cl)C1CN(Cc2ccccc2)CCO1. The van der Waals surface area contributed by atoms with E-state index in [1.807, 2.05) is 48.5 Å². The van der Waals surface area contributed by atoms with Gasteiger partial charge in [-0.25, -0.2) is 0 Å². The van der Waals surface area contributed by atoms with E-state index in [0.717, 1.165) is 36.3 Å². The Kier molecular flexibility index (Phi) is 7.08. The third-order valence-electron chi connectivity index (χ3n) is 5.66. The number of halogens is 2. The molecule has 5 heteroatoms. The molecule has 30 heavy (non-hydrogen) atoms. The minimum absolute atomic E-state index is 0.0110. The molecule has 0 aliphatic carbocycles. The number of nitrogens with zero attached hydrogens (tertiary/aromatic N) is 1. The fourth-order valence-corrected chi connectivity index (χ4v) is 4.78. The van der Waals surface area contributed by atoms with Gasteiger partial charge in [0.25, 0.3) is 0 Å². The van der Waals surface area contributed by atoms with E-state index in [-0.39, 0.29) is 18.6 Å². The Morgan fingerprint density at radius 2 is 1.63 bits per heavy atom. The quantitative estimate of drug-likeness (QED) is 0.537. The van der Waals surface area contributed by atoms with E-state index in [0.29, 0.717) is 16.7 Å². The number of morpholine rings is 1. The summed E-state index contributed by atoms with van der Waals surface area (Å²) in [7, 11) is 0. The number of hydrogen-bond donors (Lipinski definition) is 1. The van der Waals surface area contributed by atoms with Crippen molar-refractivity contribution in [1.29, 1.82) is 0 Å². The largest absolute Gasteiger partial charge is 0.396 e. The molecular formula is C25H25Cl2NO2. The highest BCUT2D eigenvalue weighted by Crippen LogP contribution is 2.40. The van der Waals surface area contributed by atoms with Crippen molar-refractivity contribution < 1.29 is 9.84 Å². The second kappa shape index (κ2) is 9.95. The molecule has 0 spiro atoms. The van der Waals surface area contributed by atoms with E-state index in [9.17, 15) is 5.11 Å². The molecule has 0 radical (unpaired) electrons. The zero-order valence-electron chi connectivity index (χ0n) is 16.7. The van der Waals surface area contributed by atoms with Crippen molar-refractivity contribution >= 4 is 23.2 Å². The molecule has 1 fully saturated rings. The van der Waals surface area contributed by atoms with Gasteiger partial charge in [-0.1, -0.05) is 83.9 Å². The number of hydrogen-bond acceptors (Lipinski definition) is 3. The van der Waals surface area contributed by atoms with Crippen LogP contribution in [0, 0.1) is 0 Å². The number of rotatable bonds is 6. The van der Waals surface area contributed by atoms with Crippen LogP contribution in [0.15, 0.2) is 72.8 Å². The molecule has 2 unspecified atom stereocenters. The van der Waals surface area contributed by atoms with Crippen LogP contribution in [-0.4, -0.2) is 42.4 Å². The Morgan fingerprint density at radius 1 is 0.933 bits per heavy atom. The van der Waals surface area contributed by atoms with Gasteiger partial charge in [0.05, 0.1) is 19.3 Å². The highest BCUT2D eigenvalue weighted by molar-refractivity contribution is 6.39. The van der Waals surface area contributed by atoms with Gasteiger partial charge >= 0.3 is 0 Å². The lowest BCUT2D eigenvalue weighted by atomic mass is 9.86. The minimum atomic E-state index is -0.174. The first kappa shape index (κ1) is 21.4. The van der Waals surface area contributed by atoms with E-state index in [1.165, 1.54) is 5.56 Å². The van der Waals surface area contributed by atoms with Gasteiger partial charge in [-0.15, -0.1) is 0 Å². The van der Waals surface area contributed by atoms with Crippen LogP contribution < -0.4 is 0 Å². The Hall–Kier alpha value is -1.88. The number of aliphatic hydroxyl groups is 1. The predicted molar refractivity (Wildman–Crippen MR) is 123 cm³/mol. The van der Waals surface area contributed by atoms with Crippen LogP contribution in [0.2, 0.25) is 10.0 Å². The van der Waals surface area contributed by atoms with Crippen LogP contribution in [-0.2, 0) is 11.3 Å².